The summed E-state index contributed by atoms with van der Waals surface area (Å²) in [6.45, 7) is 4.85. The van der Waals surface area contributed by atoms with Crippen molar-refractivity contribution < 1.29 is 19.0 Å². The average Bonchev–Trinajstić information content (AvgIpc) is 3.14. The van der Waals surface area contributed by atoms with Gasteiger partial charge in [-0.2, -0.15) is 0 Å². The predicted octanol–water partition coefficient (Wildman–Crippen LogP) is 6.08. The topological polar surface area (TPSA) is 57.1 Å². The number of halogens is 1. The molecule has 1 aliphatic rings. The van der Waals surface area contributed by atoms with Gasteiger partial charge < -0.3 is 14.2 Å². The van der Waals surface area contributed by atoms with Crippen LogP contribution in [0.3, 0.4) is 0 Å². The fourth-order valence-electron chi connectivity index (χ4n) is 3.30. The Balaban J connectivity index is 1.61. The van der Waals surface area contributed by atoms with Gasteiger partial charge in [-0.3, -0.25) is 0 Å². The first-order valence-electron chi connectivity index (χ1n) is 10.3. The van der Waals surface area contributed by atoms with E-state index in [0.717, 1.165) is 21.2 Å². The molecule has 0 N–H and O–H groups in total. The highest BCUT2D eigenvalue weighted by Crippen LogP contribution is 2.38. The molecule has 0 unspecified atom stereocenters. The van der Waals surface area contributed by atoms with Crippen molar-refractivity contribution >= 4 is 33.9 Å². The second-order valence-corrected chi connectivity index (χ2v) is 8.10. The number of carbonyl (C=O) groups is 1. The van der Waals surface area contributed by atoms with Crippen LogP contribution < -0.4 is 9.47 Å². The van der Waals surface area contributed by atoms with Crippen molar-refractivity contribution in [2.24, 2.45) is 4.99 Å². The Kier molecular flexibility index (Phi) is 6.71. The third-order valence-electron chi connectivity index (χ3n) is 4.74. The molecular weight excluding hydrogens is 470 g/mol. The molecular formula is C26H22BrNO4. The lowest BCUT2D eigenvalue weighted by atomic mass is 10.1. The summed E-state index contributed by atoms with van der Waals surface area (Å²) < 4.78 is 17.9. The number of nitrogens with zero attached hydrogens (tertiary/aromatic N) is 1. The molecule has 0 saturated heterocycles. The predicted molar refractivity (Wildman–Crippen MR) is 128 cm³/mol. The zero-order valence-electron chi connectivity index (χ0n) is 17.8. The van der Waals surface area contributed by atoms with Gasteiger partial charge in [0.2, 0.25) is 5.90 Å². The molecule has 0 spiro atoms. The second kappa shape index (κ2) is 9.83. The van der Waals surface area contributed by atoms with Gasteiger partial charge in [0, 0.05) is 5.56 Å². The number of ether oxygens (including phenoxy) is 3. The number of benzene rings is 3. The van der Waals surface area contributed by atoms with Crippen LogP contribution in [0, 0.1) is 6.92 Å². The molecule has 3 aromatic rings. The van der Waals surface area contributed by atoms with Crippen LogP contribution in [-0.4, -0.2) is 18.5 Å². The molecule has 0 amide bonds. The number of carbonyl (C=O) groups excluding carboxylic acids is 1. The van der Waals surface area contributed by atoms with Crippen LogP contribution in [0.1, 0.15) is 29.2 Å². The van der Waals surface area contributed by atoms with Crippen LogP contribution in [0.5, 0.6) is 11.5 Å². The lowest BCUT2D eigenvalue weighted by Gasteiger charge is -2.15. The van der Waals surface area contributed by atoms with Gasteiger partial charge in [-0.05, 0) is 71.2 Å². The van der Waals surface area contributed by atoms with Gasteiger partial charge in [0.25, 0.3) is 0 Å². The Labute approximate surface area is 195 Å². The number of rotatable bonds is 7. The molecule has 0 aromatic heterocycles. The van der Waals surface area contributed by atoms with E-state index in [4.69, 9.17) is 14.2 Å². The van der Waals surface area contributed by atoms with E-state index < -0.39 is 5.97 Å². The fourth-order valence-corrected chi connectivity index (χ4v) is 3.88. The number of cyclic esters (lactones) is 1. The molecule has 0 fully saturated rings. The van der Waals surface area contributed by atoms with Crippen LogP contribution in [-0.2, 0) is 16.1 Å². The highest BCUT2D eigenvalue weighted by atomic mass is 79.9. The molecule has 0 bridgehead atoms. The summed E-state index contributed by atoms with van der Waals surface area (Å²) in [5.41, 5.74) is 3.97. The third-order valence-corrected chi connectivity index (χ3v) is 5.33. The first-order valence-corrected chi connectivity index (χ1v) is 11.1. The Morgan fingerprint density at radius 1 is 1.03 bits per heavy atom. The maximum Gasteiger partial charge on any atom is 0.363 e. The summed E-state index contributed by atoms with van der Waals surface area (Å²) in [6.07, 6.45) is 1.68. The van der Waals surface area contributed by atoms with Crippen molar-refractivity contribution in [3.05, 3.63) is 99.2 Å². The summed E-state index contributed by atoms with van der Waals surface area (Å²) in [5.74, 6) is 1.000. The molecule has 3 aromatic carbocycles. The van der Waals surface area contributed by atoms with Crippen LogP contribution in [0.4, 0.5) is 0 Å². The van der Waals surface area contributed by atoms with Crippen molar-refractivity contribution in [2.75, 3.05) is 6.61 Å². The molecule has 5 nitrogen and oxygen atoms in total. The highest BCUT2D eigenvalue weighted by Gasteiger charge is 2.24. The third kappa shape index (κ3) is 5.08. The van der Waals surface area contributed by atoms with Gasteiger partial charge in [-0.15, -0.1) is 0 Å². The van der Waals surface area contributed by atoms with Crippen LogP contribution >= 0.6 is 15.9 Å². The largest absolute Gasteiger partial charge is 0.490 e. The summed E-state index contributed by atoms with van der Waals surface area (Å²) in [6, 6.07) is 21.2. The van der Waals surface area contributed by atoms with Crippen molar-refractivity contribution in [1.29, 1.82) is 0 Å². The standard InChI is InChI=1S/C26H22BrNO4/c1-3-30-23-15-19(13-21(27)24(23)31-16-18-9-7-8-17(2)12-18)14-22-26(29)32-25(28-22)20-10-5-4-6-11-20/h4-15H,3,16H2,1-2H3/b22-14-. The fraction of sp³-hybridized carbons (Fsp3) is 0.154. The molecule has 0 aliphatic carbocycles. The number of esters is 1. The average molecular weight is 492 g/mol. The molecule has 0 atom stereocenters. The first kappa shape index (κ1) is 21.8. The zero-order chi connectivity index (χ0) is 22.5. The number of aliphatic imine (C=N–C) groups is 1. The molecule has 1 aliphatic heterocycles. The molecule has 32 heavy (non-hydrogen) atoms. The molecule has 1 heterocycles. The van der Waals surface area contributed by atoms with Gasteiger partial charge in [0.1, 0.15) is 6.61 Å². The van der Waals surface area contributed by atoms with Gasteiger partial charge in [0.05, 0.1) is 11.1 Å². The zero-order valence-corrected chi connectivity index (χ0v) is 19.4. The molecule has 6 heteroatoms. The van der Waals surface area contributed by atoms with Crippen molar-refractivity contribution in [1.82, 2.24) is 0 Å². The van der Waals surface area contributed by atoms with E-state index in [9.17, 15) is 4.79 Å². The van der Waals surface area contributed by atoms with E-state index in [0.29, 0.717) is 30.6 Å². The van der Waals surface area contributed by atoms with Gasteiger partial charge >= 0.3 is 5.97 Å². The quantitative estimate of drug-likeness (QED) is 0.296. The van der Waals surface area contributed by atoms with E-state index in [1.807, 2.05) is 74.5 Å². The molecule has 0 saturated carbocycles. The van der Waals surface area contributed by atoms with Gasteiger partial charge in [-0.25, -0.2) is 9.79 Å². The second-order valence-electron chi connectivity index (χ2n) is 7.24. The summed E-state index contributed by atoms with van der Waals surface area (Å²) >= 11 is 3.58. The van der Waals surface area contributed by atoms with Crippen LogP contribution in [0.25, 0.3) is 6.08 Å². The monoisotopic (exact) mass is 491 g/mol. The van der Waals surface area contributed by atoms with E-state index >= 15 is 0 Å². The van der Waals surface area contributed by atoms with Gasteiger partial charge in [-0.1, -0.05) is 48.0 Å². The van der Waals surface area contributed by atoms with Gasteiger partial charge in [0.15, 0.2) is 17.2 Å². The lowest BCUT2D eigenvalue weighted by molar-refractivity contribution is -0.129. The smallest absolute Gasteiger partial charge is 0.363 e. The van der Waals surface area contributed by atoms with E-state index in [-0.39, 0.29) is 5.70 Å². The van der Waals surface area contributed by atoms with Crippen molar-refractivity contribution in [3.8, 4) is 11.5 Å². The van der Waals surface area contributed by atoms with Crippen molar-refractivity contribution in [2.45, 2.75) is 20.5 Å². The molecule has 4 rings (SSSR count). The number of hydrogen-bond acceptors (Lipinski definition) is 5. The van der Waals surface area contributed by atoms with Crippen molar-refractivity contribution in [3.63, 3.8) is 0 Å². The van der Waals surface area contributed by atoms with Crippen LogP contribution in [0.15, 0.2) is 81.9 Å². The maximum atomic E-state index is 12.3. The first-order chi connectivity index (χ1) is 15.5. The Bertz CT molecular complexity index is 1200. The normalized spacial score (nSPS) is 14.3. The molecule has 0 radical (unpaired) electrons. The molecule has 162 valence electrons. The van der Waals surface area contributed by atoms with Crippen LogP contribution in [0.2, 0.25) is 0 Å². The summed E-state index contributed by atoms with van der Waals surface area (Å²) in [4.78, 5) is 16.7. The maximum absolute atomic E-state index is 12.3. The highest BCUT2D eigenvalue weighted by molar-refractivity contribution is 9.10. The summed E-state index contributed by atoms with van der Waals surface area (Å²) in [5, 5.41) is 0. The minimum atomic E-state index is -0.488. The number of aryl methyl sites for hydroxylation is 1. The Morgan fingerprint density at radius 2 is 1.84 bits per heavy atom. The Hall–Kier alpha value is -3.38. The SMILES string of the molecule is CCOc1cc(/C=C2\N=C(c3ccccc3)OC2=O)cc(Br)c1OCc1cccc(C)c1. The van der Waals surface area contributed by atoms with E-state index in [1.165, 1.54) is 5.56 Å². The summed E-state index contributed by atoms with van der Waals surface area (Å²) in [7, 11) is 0. The van der Waals surface area contributed by atoms with E-state index in [1.54, 1.807) is 6.08 Å². The number of hydrogen-bond donors (Lipinski definition) is 0. The van der Waals surface area contributed by atoms with E-state index in [2.05, 4.69) is 27.0 Å². The minimum Gasteiger partial charge on any atom is -0.490 e. The minimum absolute atomic E-state index is 0.228. The lowest BCUT2D eigenvalue weighted by Crippen LogP contribution is -2.05. The Morgan fingerprint density at radius 3 is 2.59 bits per heavy atom.